The standard InChI is InChI=1S/C15H19N3OS/c1-13(19)16-8-5-9-20-12-14-10-17-18(11-14)15-6-3-2-4-7-15/h2-4,6-7,10-11H,5,8-9,12H2,1H3,(H,16,19). The van der Waals surface area contributed by atoms with E-state index in [9.17, 15) is 4.79 Å². The van der Waals surface area contributed by atoms with Crippen molar-refractivity contribution in [1.82, 2.24) is 15.1 Å². The molecule has 0 radical (unpaired) electrons. The molecule has 0 bridgehead atoms. The summed E-state index contributed by atoms with van der Waals surface area (Å²) in [6.07, 6.45) is 4.97. The van der Waals surface area contributed by atoms with E-state index in [4.69, 9.17) is 0 Å². The number of amides is 1. The van der Waals surface area contributed by atoms with Crippen LogP contribution >= 0.6 is 11.8 Å². The Morgan fingerprint density at radius 3 is 2.90 bits per heavy atom. The van der Waals surface area contributed by atoms with E-state index in [2.05, 4.69) is 16.6 Å². The Labute approximate surface area is 123 Å². The van der Waals surface area contributed by atoms with E-state index < -0.39 is 0 Å². The minimum Gasteiger partial charge on any atom is -0.356 e. The van der Waals surface area contributed by atoms with Crippen LogP contribution in [-0.4, -0.2) is 28.0 Å². The molecule has 0 aliphatic rings. The van der Waals surface area contributed by atoms with E-state index in [1.807, 2.05) is 53.0 Å². The first-order valence-corrected chi connectivity index (χ1v) is 7.82. The summed E-state index contributed by atoms with van der Waals surface area (Å²) in [6, 6.07) is 10.1. The quantitative estimate of drug-likeness (QED) is 0.797. The fourth-order valence-corrected chi connectivity index (χ4v) is 2.66. The molecule has 0 atom stereocenters. The zero-order valence-corrected chi connectivity index (χ0v) is 12.4. The first-order chi connectivity index (χ1) is 9.75. The fourth-order valence-electron chi connectivity index (χ4n) is 1.79. The van der Waals surface area contributed by atoms with Crippen molar-refractivity contribution in [3.8, 4) is 5.69 Å². The average Bonchev–Trinajstić information content (AvgIpc) is 2.92. The van der Waals surface area contributed by atoms with Crippen LogP contribution in [0.25, 0.3) is 5.69 Å². The molecule has 1 aromatic carbocycles. The first-order valence-electron chi connectivity index (χ1n) is 6.67. The second-order valence-electron chi connectivity index (χ2n) is 4.52. The lowest BCUT2D eigenvalue weighted by Gasteiger charge is -2.01. The number of benzene rings is 1. The van der Waals surface area contributed by atoms with Crippen molar-refractivity contribution in [2.75, 3.05) is 12.3 Å². The molecular weight excluding hydrogens is 270 g/mol. The molecule has 0 saturated heterocycles. The predicted octanol–water partition coefficient (Wildman–Crippen LogP) is 2.63. The highest BCUT2D eigenvalue weighted by Gasteiger charge is 2.00. The molecule has 0 fully saturated rings. The van der Waals surface area contributed by atoms with Crippen LogP contribution in [0.2, 0.25) is 0 Å². The molecule has 1 heterocycles. The van der Waals surface area contributed by atoms with Crippen LogP contribution in [0.3, 0.4) is 0 Å². The van der Waals surface area contributed by atoms with Gasteiger partial charge in [-0.2, -0.15) is 16.9 Å². The van der Waals surface area contributed by atoms with E-state index in [0.29, 0.717) is 0 Å². The van der Waals surface area contributed by atoms with Crippen molar-refractivity contribution < 1.29 is 4.79 Å². The zero-order valence-electron chi connectivity index (χ0n) is 11.6. The Bertz CT molecular complexity index is 539. The van der Waals surface area contributed by atoms with E-state index in [1.165, 1.54) is 5.56 Å². The van der Waals surface area contributed by atoms with Crippen molar-refractivity contribution in [3.05, 3.63) is 48.3 Å². The maximum atomic E-state index is 10.7. The summed E-state index contributed by atoms with van der Waals surface area (Å²) >= 11 is 1.86. The highest BCUT2D eigenvalue weighted by molar-refractivity contribution is 7.98. The maximum Gasteiger partial charge on any atom is 0.216 e. The third kappa shape index (κ3) is 4.74. The molecular formula is C15H19N3OS. The van der Waals surface area contributed by atoms with Gasteiger partial charge in [0.25, 0.3) is 0 Å². The molecule has 2 aromatic rings. The van der Waals surface area contributed by atoms with Gasteiger partial charge in [0.15, 0.2) is 0 Å². The monoisotopic (exact) mass is 289 g/mol. The van der Waals surface area contributed by atoms with Crippen LogP contribution in [0, 0.1) is 0 Å². The largest absolute Gasteiger partial charge is 0.356 e. The summed E-state index contributed by atoms with van der Waals surface area (Å²) in [7, 11) is 0. The SMILES string of the molecule is CC(=O)NCCCSCc1cnn(-c2ccccc2)c1. The van der Waals surface area contributed by atoms with Gasteiger partial charge >= 0.3 is 0 Å². The van der Waals surface area contributed by atoms with Gasteiger partial charge in [0.1, 0.15) is 0 Å². The number of hydrogen-bond acceptors (Lipinski definition) is 3. The first kappa shape index (κ1) is 14.7. The summed E-state index contributed by atoms with van der Waals surface area (Å²) in [6.45, 7) is 2.30. The third-order valence-electron chi connectivity index (χ3n) is 2.76. The Morgan fingerprint density at radius 1 is 1.35 bits per heavy atom. The summed E-state index contributed by atoms with van der Waals surface area (Å²) in [5.74, 6) is 2.03. The Morgan fingerprint density at radius 2 is 2.15 bits per heavy atom. The van der Waals surface area contributed by atoms with Gasteiger partial charge < -0.3 is 5.32 Å². The molecule has 1 aromatic heterocycles. The average molecular weight is 289 g/mol. The summed E-state index contributed by atoms with van der Waals surface area (Å²) in [5, 5.41) is 7.17. The molecule has 20 heavy (non-hydrogen) atoms. The van der Waals surface area contributed by atoms with Crippen molar-refractivity contribution in [1.29, 1.82) is 0 Å². The number of carbonyl (C=O) groups excluding carboxylic acids is 1. The second-order valence-corrected chi connectivity index (χ2v) is 5.62. The molecule has 0 unspecified atom stereocenters. The molecule has 0 spiro atoms. The van der Waals surface area contributed by atoms with E-state index >= 15 is 0 Å². The highest BCUT2D eigenvalue weighted by Crippen LogP contribution is 2.14. The van der Waals surface area contributed by atoms with Crippen LogP contribution in [0.5, 0.6) is 0 Å². The lowest BCUT2D eigenvalue weighted by molar-refractivity contribution is -0.118. The molecule has 0 aliphatic carbocycles. The van der Waals surface area contributed by atoms with Crippen molar-refractivity contribution in [2.24, 2.45) is 0 Å². The number of hydrogen-bond donors (Lipinski definition) is 1. The van der Waals surface area contributed by atoms with Gasteiger partial charge in [0.05, 0.1) is 11.9 Å². The van der Waals surface area contributed by atoms with Crippen LogP contribution in [0.4, 0.5) is 0 Å². The van der Waals surface area contributed by atoms with Gasteiger partial charge in [-0.3, -0.25) is 4.79 Å². The minimum atomic E-state index is 0.0409. The number of nitrogens with zero attached hydrogens (tertiary/aromatic N) is 2. The number of aromatic nitrogens is 2. The van der Waals surface area contributed by atoms with Crippen LogP contribution in [0.15, 0.2) is 42.7 Å². The topological polar surface area (TPSA) is 46.9 Å². The number of para-hydroxylation sites is 1. The van der Waals surface area contributed by atoms with Gasteiger partial charge in [-0.05, 0) is 24.3 Å². The predicted molar refractivity (Wildman–Crippen MR) is 83.0 cm³/mol. The number of rotatable bonds is 7. The molecule has 0 aliphatic heterocycles. The van der Waals surface area contributed by atoms with E-state index in [-0.39, 0.29) is 5.91 Å². The minimum absolute atomic E-state index is 0.0409. The Hall–Kier alpha value is -1.75. The van der Waals surface area contributed by atoms with Crippen LogP contribution < -0.4 is 5.32 Å². The molecule has 1 N–H and O–H groups in total. The van der Waals surface area contributed by atoms with Gasteiger partial charge in [0, 0.05) is 31.0 Å². The van der Waals surface area contributed by atoms with Gasteiger partial charge in [-0.15, -0.1) is 0 Å². The van der Waals surface area contributed by atoms with Crippen LogP contribution in [0.1, 0.15) is 18.9 Å². The lowest BCUT2D eigenvalue weighted by Crippen LogP contribution is -2.21. The highest BCUT2D eigenvalue weighted by atomic mass is 32.2. The molecule has 1 amide bonds. The normalized spacial score (nSPS) is 10.4. The van der Waals surface area contributed by atoms with Crippen molar-refractivity contribution in [2.45, 2.75) is 19.1 Å². The molecule has 4 nitrogen and oxygen atoms in total. The second kappa shape index (κ2) is 7.75. The summed E-state index contributed by atoms with van der Waals surface area (Å²) in [5.41, 5.74) is 2.30. The Kier molecular flexibility index (Phi) is 5.68. The maximum absolute atomic E-state index is 10.7. The molecule has 2 rings (SSSR count). The van der Waals surface area contributed by atoms with Crippen molar-refractivity contribution >= 4 is 17.7 Å². The number of nitrogens with one attached hydrogen (secondary N) is 1. The molecule has 0 saturated carbocycles. The fraction of sp³-hybridized carbons (Fsp3) is 0.333. The Balaban J connectivity index is 1.72. The van der Waals surface area contributed by atoms with Gasteiger partial charge in [0.2, 0.25) is 5.91 Å². The molecule has 5 heteroatoms. The van der Waals surface area contributed by atoms with Gasteiger partial charge in [-0.1, -0.05) is 18.2 Å². The molecule has 106 valence electrons. The lowest BCUT2D eigenvalue weighted by atomic mass is 10.3. The number of carbonyl (C=O) groups is 1. The van der Waals surface area contributed by atoms with Crippen LogP contribution in [-0.2, 0) is 10.5 Å². The van der Waals surface area contributed by atoms with Crippen molar-refractivity contribution in [3.63, 3.8) is 0 Å². The number of thioether (sulfide) groups is 1. The summed E-state index contributed by atoms with van der Waals surface area (Å²) in [4.78, 5) is 10.7. The van der Waals surface area contributed by atoms with Gasteiger partial charge in [-0.25, -0.2) is 4.68 Å². The third-order valence-corrected chi connectivity index (χ3v) is 3.88. The summed E-state index contributed by atoms with van der Waals surface area (Å²) < 4.78 is 1.90. The van der Waals surface area contributed by atoms with E-state index in [1.54, 1.807) is 6.92 Å². The van der Waals surface area contributed by atoms with E-state index in [0.717, 1.165) is 30.2 Å². The zero-order chi connectivity index (χ0) is 14.2. The smallest absolute Gasteiger partial charge is 0.216 e.